The van der Waals surface area contributed by atoms with E-state index in [0.29, 0.717) is 19.6 Å². The van der Waals surface area contributed by atoms with Gasteiger partial charge in [-0.2, -0.15) is 0 Å². The lowest BCUT2D eigenvalue weighted by molar-refractivity contribution is 0.00626. The maximum atomic E-state index is 12.4. The van der Waals surface area contributed by atoms with Crippen molar-refractivity contribution in [1.82, 2.24) is 9.80 Å². The zero-order valence-corrected chi connectivity index (χ0v) is 15.1. The van der Waals surface area contributed by atoms with Gasteiger partial charge in [-0.25, -0.2) is 9.59 Å². The number of rotatable bonds is 3. The van der Waals surface area contributed by atoms with Crippen molar-refractivity contribution in [1.29, 1.82) is 0 Å². The molecule has 0 spiro atoms. The lowest BCUT2D eigenvalue weighted by Crippen LogP contribution is -2.56. The molecule has 6 heteroatoms. The van der Waals surface area contributed by atoms with Gasteiger partial charge in [0.1, 0.15) is 12.2 Å². The third kappa shape index (κ3) is 5.52. The van der Waals surface area contributed by atoms with Crippen molar-refractivity contribution < 1.29 is 19.1 Å². The van der Waals surface area contributed by atoms with Crippen LogP contribution in [0.15, 0.2) is 43.0 Å². The Hall–Kier alpha value is -2.50. The topological polar surface area (TPSA) is 59.1 Å². The van der Waals surface area contributed by atoms with E-state index in [1.54, 1.807) is 15.9 Å². The highest BCUT2D eigenvalue weighted by molar-refractivity contribution is 5.71. The second-order valence-corrected chi connectivity index (χ2v) is 6.96. The van der Waals surface area contributed by atoms with Crippen LogP contribution >= 0.6 is 0 Å². The standard InChI is InChI=1S/C19H26N2O4/c1-5-16-13-20(17(22)25-19(2,3)4)11-12-21(16)18(23)24-14-15-9-7-6-8-10-15/h5-10,16H,1,11-14H2,2-4H3. The van der Waals surface area contributed by atoms with Gasteiger partial charge in [0.2, 0.25) is 0 Å². The van der Waals surface area contributed by atoms with Gasteiger partial charge in [-0.05, 0) is 26.3 Å². The van der Waals surface area contributed by atoms with E-state index in [1.165, 1.54) is 0 Å². The summed E-state index contributed by atoms with van der Waals surface area (Å²) in [6.07, 6.45) is 0.870. The van der Waals surface area contributed by atoms with Crippen molar-refractivity contribution in [3.8, 4) is 0 Å². The summed E-state index contributed by atoms with van der Waals surface area (Å²) in [7, 11) is 0. The van der Waals surface area contributed by atoms with E-state index in [4.69, 9.17) is 9.47 Å². The molecule has 136 valence electrons. The van der Waals surface area contributed by atoms with Crippen LogP contribution < -0.4 is 0 Å². The van der Waals surface area contributed by atoms with Gasteiger partial charge in [0, 0.05) is 19.6 Å². The largest absolute Gasteiger partial charge is 0.445 e. The molecule has 1 atom stereocenters. The summed E-state index contributed by atoms with van der Waals surface area (Å²) < 4.78 is 10.8. The van der Waals surface area contributed by atoms with E-state index in [9.17, 15) is 9.59 Å². The molecule has 1 aliphatic heterocycles. The van der Waals surface area contributed by atoms with Crippen LogP contribution in [0.5, 0.6) is 0 Å². The van der Waals surface area contributed by atoms with Crippen LogP contribution in [0.2, 0.25) is 0 Å². The van der Waals surface area contributed by atoms with Crippen LogP contribution in [0.4, 0.5) is 9.59 Å². The molecule has 1 aromatic rings. The summed E-state index contributed by atoms with van der Waals surface area (Å²) in [5.41, 5.74) is 0.380. The van der Waals surface area contributed by atoms with Crippen molar-refractivity contribution in [2.75, 3.05) is 19.6 Å². The number of carbonyl (C=O) groups excluding carboxylic acids is 2. The number of hydrogen-bond acceptors (Lipinski definition) is 4. The van der Waals surface area contributed by atoms with E-state index in [-0.39, 0.29) is 18.7 Å². The number of nitrogens with zero attached hydrogens (tertiary/aromatic N) is 2. The van der Waals surface area contributed by atoms with E-state index in [1.807, 2.05) is 51.1 Å². The van der Waals surface area contributed by atoms with Crippen LogP contribution in [-0.2, 0) is 16.1 Å². The molecule has 1 aliphatic rings. The van der Waals surface area contributed by atoms with Gasteiger partial charge in [-0.3, -0.25) is 4.90 Å². The Morgan fingerprint density at radius 3 is 2.48 bits per heavy atom. The molecular formula is C19H26N2O4. The van der Waals surface area contributed by atoms with Crippen molar-refractivity contribution >= 4 is 12.2 Å². The summed E-state index contributed by atoms with van der Waals surface area (Å²) in [6.45, 7) is 10.6. The van der Waals surface area contributed by atoms with Crippen LogP contribution in [0, 0.1) is 0 Å². The minimum Gasteiger partial charge on any atom is -0.445 e. The van der Waals surface area contributed by atoms with Crippen LogP contribution in [0.3, 0.4) is 0 Å². The average molecular weight is 346 g/mol. The molecule has 2 rings (SSSR count). The van der Waals surface area contributed by atoms with Crippen molar-refractivity contribution in [2.24, 2.45) is 0 Å². The predicted octanol–water partition coefficient (Wildman–Crippen LogP) is 3.43. The molecule has 1 aromatic carbocycles. The molecule has 1 saturated heterocycles. The second-order valence-electron chi connectivity index (χ2n) is 6.96. The minimum atomic E-state index is -0.549. The molecule has 0 aliphatic carbocycles. The third-order valence-corrected chi connectivity index (χ3v) is 3.78. The smallest absolute Gasteiger partial charge is 0.410 e. The monoisotopic (exact) mass is 346 g/mol. The summed E-state index contributed by atoms with van der Waals surface area (Å²) in [5.74, 6) is 0. The molecule has 1 unspecified atom stereocenters. The fraction of sp³-hybridized carbons (Fsp3) is 0.474. The SMILES string of the molecule is C=CC1CN(C(=O)OC(C)(C)C)CCN1C(=O)OCc1ccccc1. The zero-order valence-electron chi connectivity index (χ0n) is 15.1. The molecular weight excluding hydrogens is 320 g/mol. The zero-order chi connectivity index (χ0) is 18.4. The van der Waals surface area contributed by atoms with Crippen LogP contribution in [0.25, 0.3) is 0 Å². The number of carbonyl (C=O) groups is 2. The number of ether oxygens (including phenoxy) is 2. The first kappa shape index (κ1) is 18.8. The van der Waals surface area contributed by atoms with Gasteiger partial charge in [-0.1, -0.05) is 36.4 Å². The Labute approximate surface area is 149 Å². The van der Waals surface area contributed by atoms with Gasteiger partial charge in [0.05, 0.1) is 6.04 Å². The van der Waals surface area contributed by atoms with Crippen LogP contribution in [0.1, 0.15) is 26.3 Å². The first-order valence-electron chi connectivity index (χ1n) is 8.38. The molecule has 0 N–H and O–H groups in total. The van der Waals surface area contributed by atoms with Gasteiger partial charge >= 0.3 is 12.2 Å². The maximum Gasteiger partial charge on any atom is 0.410 e. The van der Waals surface area contributed by atoms with Crippen LogP contribution in [-0.4, -0.2) is 53.3 Å². The molecule has 6 nitrogen and oxygen atoms in total. The highest BCUT2D eigenvalue weighted by Gasteiger charge is 2.33. The maximum absolute atomic E-state index is 12.4. The summed E-state index contributed by atoms with van der Waals surface area (Å²) in [6, 6.07) is 9.21. The van der Waals surface area contributed by atoms with Gasteiger partial charge in [0.25, 0.3) is 0 Å². The van der Waals surface area contributed by atoms with Crippen molar-refractivity contribution in [3.63, 3.8) is 0 Å². The Bertz CT molecular complexity index is 610. The Morgan fingerprint density at radius 2 is 1.88 bits per heavy atom. The van der Waals surface area contributed by atoms with E-state index >= 15 is 0 Å². The molecule has 2 amide bonds. The Balaban J connectivity index is 1.91. The molecule has 0 bridgehead atoms. The lowest BCUT2D eigenvalue weighted by atomic mass is 10.1. The van der Waals surface area contributed by atoms with E-state index in [2.05, 4.69) is 6.58 Å². The lowest BCUT2D eigenvalue weighted by Gasteiger charge is -2.39. The van der Waals surface area contributed by atoms with Gasteiger partial charge in [-0.15, -0.1) is 6.58 Å². The van der Waals surface area contributed by atoms with Crippen molar-refractivity contribution in [3.05, 3.63) is 48.6 Å². The number of benzene rings is 1. The van der Waals surface area contributed by atoms with Gasteiger partial charge in [0.15, 0.2) is 0 Å². The number of hydrogen-bond donors (Lipinski definition) is 0. The van der Waals surface area contributed by atoms with Crippen molar-refractivity contribution in [2.45, 2.75) is 39.0 Å². The second kappa shape index (κ2) is 8.05. The minimum absolute atomic E-state index is 0.218. The molecule has 0 radical (unpaired) electrons. The molecule has 1 fully saturated rings. The number of amides is 2. The molecule has 0 saturated carbocycles. The Kier molecular flexibility index (Phi) is 6.07. The first-order valence-corrected chi connectivity index (χ1v) is 8.38. The normalized spacial score (nSPS) is 17.8. The third-order valence-electron chi connectivity index (χ3n) is 3.78. The highest BCUT2D eigenvalue weighted by Crippen LogP contribution is 2.17. The number of piperazine rings is 1. The molecule has 25 heavy (non-hydrogen) atoms. The fourth-order valence-electron chi connectivity index (χ4n) is 2.53. The fourth-order valence-corrected chi connectivity index (χ4v) is 2.53. The van der Waals surface area contributed by atoms with E-state index in [0.717, 1.165) is 5.56 Å². The van der Waals surface area contributed by atoms with E-state index < -0.39 is 11.7 Å². The quantitative estimate of drug-likeness (QED) is 0.787. The highest BCUT2D eigenvalue weighted by atomic mass is 16.6. The Morgan fingerprint density at radius 1 is 1.20 bits per heavy atom. The summed E-state index contributed by atoms with van der Waals surface area (Å²) in [4.78, 5) is 27.8. The average Bonchev–Trinajstić information content (AvgIpc) is 2.58. The molecule has 0 aromatic heterocycles. The summed E-state index contributed by atoms with van der Waals surface area (Å²) >= 11 is 0. The first-order chi connectivity index (χ1) is 11.8. The predicted molar refractivity (Wildman–Crippen MR) is 95.1 cm³/mol. The van der Waals surface area contributed by atoms with Gasteiger partial charge < -0.3 is 14.4 Å². The summed E-state index contributed by atoms with van der Waals surface area (Å²) in [5, 5.41) is 0. The molecule has 1 heterocycles.